The zero-order valence-electron chi connectivity index (χ0n) is 6.70. The lowest BCUT2D eigenvalue weighted by Gasteiger charge is -2.05. The number of phenolic OH excluding ortho intramolecular Hbond substituents is 2. The smallest absolute Gasteiger partial charge is 0.130 e. The van der Waals surface area contributed by atoms with Crippen LogP contribution in [-0.2, 0) is 0 Å². The van der Waals surface area contributed by atoms with Crippen molar-refractivity contribution in [3.05, 3.63) is 29.8 Å². The van der Waals surface area contributed by atoms with Gasteiger partial charge in [-0.15, -0.1) is 0 Å². The molecule has 0 aliphatic rings. The van der Waals surface area contributed by atoms with Gasteiger partial charge in [0.15, 0.2) is 0 Å². The lowest BCUT2D eigenvalue weighted by Crippen LogP contribution is -1.84. The average Bonchev–Trinajstić information content (AvgIpc) is 1.96. The molecule has 3 heteroatoms. The van der Waals surface area contributed by atoms with Crippen molar-refractivity contribution >= 4 is 5.76 Å². The van der Waals surface area contributed by atoms with Gasteiger partial charge in [-0.1, -0.05) is 6.58 Å². The van der Waals surface area contributed by atoms with E-state index in [1.165, 1.54) is 12.1 Å². The second-order valence-corrected chi connectivity index (χ2v) is 2.60. The number of aliphatic hydroxyl groups excluding tert-OH is 1. The zero-order valence-corrected chi connectivity index (χ0v) is 6.70. The van der Waals surface area contributed by atoms with Crippen LogP contribution in [0, 0.1) is 6.92 Å². The molecule has 0 unspecified atom stereocenters. The van der Waals surface area contributed by atoms with E-state index in [1.807, 2.05) is 0 Å². The molecule has 12 heavy (non-hydrogen) atoms. The number of benzene rings is 1. The highest BCUT2D eigenvalue weighted by atomic mass is 16.3. The van der Waals surface area contributed by atoms with E-state index in [0.29, 0.717) is 5.56 Å². The monoisotopic (exact) mass is 166 g/mol. The summed E-state index contributed by atoms with van der Waals surface area (Å²) >= 11 is 0. The maximum absolute atomic E-state index is 9.21. The van der Waals surface area contributed by atoms with Crippen LogP contribution >= 0.6 is 0 Å². The van der Waals surface area contributed by atoms with Crippen molar-refractivity contribution in [1.29, 1.82) is 0 Å². The Labute approximate surface area is 70.2 Å². The topological polar surface area (TPSA) is 60.7 Å². The summed E-state index contributed by atoms with van der Waals surface area (Å²) in [6, 6.07) is 2.64. The predicted octanol–water partition coefficient (Wildman–Crippen LogP) is 1.93. The highest BCUT2D eigenvalue weighted by molar-refractivity contribution is 5.65. The third-order valence-corrected chi connectivity index (χ3v) is 1.63. The lowest BCUT2D eigenvalue weighted by atomic mass is 10.1. The van der Waals surface area contributed by atoms with Gasteiger partial charge in [0.1, 0.15) is 17.3 Å². The molecule has 0 spiro atoms. The summed E-state index contributed by atoms with van der Waals surface area (Å²) in [7, 11) is 0. The van der Waals surface area contributed by atoms with Crippen molar-refractivity contribution in [2.75, 3.05) is 0 Å². The van der Waals surface area contributed by atoms with Crippen molar-refractivity contribution < 1.29 is 15.3 Å². The van der Waals surface area contributed by atoms with Crippen molar-refractivity contribution in [3.63, 3.8) is 0 Å². The van der Waals surface area contributed by atoms with Crippen LogP contribution in [0.25, 0.3) is 5.76 Å². The molecule has 3 nitrogen and oxygen atoms in total. The number of aliphatic hydroxyl groups is 1. The van der Waals surface area contributed by atoms with Crippen molar-refractivity contribution in [3.8, 4) is 11.5 Å². The molecule has 0 fully saturated rings. The van der Waals surface area contributed by atoms with Crippen LogP contribution in [0.4, 0.5) is 0 Å². The molecule has 0 amide bonds. The third-order valence-electron chi connectivity index (χ3n) is 1.63. The average molecular weight is 166 g/mol. The van der Waals surface area contributed by atoms with Crippen LogP contribution < -0.4 is 0 Å². The fraction of sp³-hybridized carbons (Fsp3) is 0.111. The van der Waals surface area contributed by atoms with Crippen molar-refractivity contribution in [2.45, 2.75) is 6.92 Å². The molecule has 0 heterocycles. The third kappa shape index (κ3) is 1.34. The summed E-state index contributed by atoms with van der Waals surface area (Å²) < 4.78 is 0. The van der Waals surface area contributed by atoms with Crippen LogP contribution in [0.15, 0.2) is 18.7 Å². The molecule has 0 aromatic heterocycles. The molecule has 1 aromatic rings. The van der Waals surface area contributed by atoms with Gasteiger partial charge in [0.2, 0.25) is 0 Å². The first kappa shape index (κ1) is 8.46. The number of hydrogen-bond acceptors (Lipinski definition) is 3. The quantitative estimate of drug-likeness (QED) is 0.558. The number of aryl methyl sites for hydroxylation is 1. The molecular weight excluding hydrogens is 156 g/mol. The van der Waals surface area contributed by atoms with E-state index < -0.39 is 0 Å². The van der Waals surface area contributed by atoms with E-state index in [-0.39, 0.29) is 22.8 Å². The van der Waals surface area contributed by atoms with E-state index in [1.54, 1.807) is 6.92 Å². The Morgan fingerprint density at radius 3 is 2.33 bits per heavy atom. The standard InChI is InChI=1S/C9H10O3/c1-5-3-7(6(2)10)9(12)4-8(5)11/h3-4,10-12H,2H2,1H3. The minimum Gasteiger partial charge on any atom is -0.508 e. The lowest BCUT2D eigenvalue weighted by molar-refractivity contribution is 0.441. The molecule has 1 rings (SSSR count). The number of aromatic hydroxyl groups is 2. The first-order valence-electron chi connectivity index (χ1n) is 3.43. The molecular formula is C9H10O3. The van der Waals surface area contributed by atoms with Crippen LogP contribution in [0.3, 0.4) is 0 Å². The maximum Gasteiger partial charge on any atom is 0.130 e. The second kappa shape index (κ2) is 2.77. The fourth-order valence-corrected chi connectivity index (χ4v) is 0.917. The maximum atomic E-state index is 9.21. The van der Waals surface area contributed by atoms with E-state index in [4.69, 9.17) is 10.2 Å². The normalized spacial score (nSPS) is 9.75. The Morgan fingerprint density at radius 2 is 1.83 bits per heavy atom. The van der Waals surface area contributed by atoms with E-state index >= 15 is 0 Å². The van der Waals surface area contributed by atoms with E-state index in [9.17, 15) is 5.11 Å². The molecule has 1 aromatic carbocycles. The van der Waals surface area contributed by atoms with E-state index in [2.05, 4.69) is 6.58 Å². The summed E-state index contributed by atoms with van der Waals surface area (Å²) in [5.41, 5.74) is 0.823. The van der Waals surface area contributed by atoms with Gasteiger partial charge in [-0.3, -0.25) is 0 Å². The first-order chi connectivity index (χ1) is 5.52. The minimum atomic E-state index is -0.212. The van der Waals surface area contributed by atoms with Crippen LogP contribution in [0.5, 0.6) is 11.5 Å². The summed E-state index contributed by atoms with van der Waals surface area (Å²) in [4.78, 5) is 0. The fourth-order valence-electron chi connectivity index (χ4n) is 0.917. The Bertz CT molecular complexity index is 329. The van der Waals surface area contributed by atoms with Gasteiger partial charge >= 0.3 is 0 Å². The number of hydrogen-bond donors (Lipinski definition) is 3. The van der Waals surface area contributed by atoms with Gasteiger partial charge in [-0.25, -0.2) is 0 Å². The molecule has 64 valence electrons. The van der Waals surface area contributed by atoms with E-state index in [0.717, 1.165) is 0 Å². The van der Waals surface area contributed by atoms with Gasteiger partial charge in [0, 0.05) is 6.07 Å². The van der Waals surface area contributed by atoms with Gasteiger partial charge in [-0.05, 0) is 18.6 Å². The number of phenols is 2. The molecule has 0 saturated heterocycles. The van der Waals surface area contributed by atoms with Gasteiger partial charge in [0.25, 0.3) is 0 Å². The van der Waals surface area contributed by atoms with Crippen molar-refractivity contribution in [2.24, 2.45) is 0 Å². The molecule has 0 aliphatic carbocycles. The highest BCUT2D eigenvalue weighted by Gasteiger charge is 2.07. The molecule has 0 bridgehead atoms. The summed E-state index contributed by atoms with van der Waals surface area (Å²) in [5, 5.41) is 27.3. The summed E-state index contributed by atoms with van der Waals surface area (Å²) in [6.07, 6.45) is 0. The first-order valence-corrected chi connectivity index (χ1v) is 3.43. The minimum absolute atomic E-state index is 0.00231. The Hall–Kier alpha value is -1.64. The van der Waals surface area contributed by atoms with Gasteiger partial charge in [-0.2, -0.15) is 0 Å². The highest BCUT2D eigenvalue weighted by Crippen LogP contribution is 2.29. The molecule has 0 aliphatic heterocycles. The van der Waals surface area contributed by atoms with Crippen molar-refractivity contribution in [1.82, 2.24) is 0 Å². The Balaban J connectivity index is 3.33. The molecule has 3 N–H and O–H groups in total. The Morgan fingerprint density at radius 1 is 1.25 bits per heavy atom. The molecule has 0 radical (unpaired) electrons. The van der Waals surface area contributed by atoms with Gasteiger partial charge < -0.3 is 15.3 Å². The zero-order chi connectivity index (χ0) is 9.30. The molecule has 0 saturated carbocycles. The summed E-state index contributed by atoms with van der Waals surface area (Å²) in [5.74, 6) is -0.390. The second-order valence-electron chi connectivity index (χ2n) is 2.60. The predicted molar refractivity (Wildman–Crippen MR) is 46.2 cm³/mol. The van der Waals surface area contributed by atoms with Crippen LogP contribution in [0.1, 0.15) is 11.1 Å². The summed E-state index contributed by atoms with van der Waals surface area (Å²) in [6.45, 7) is 4.94. The Kier molecular flexibility index (Phi) is 1.95. The van der Waals surface area contributed by atoms with Gasteiger partial charge in [0.05, 0.1) is 5.56 Å². The largest absolute Gasteiger partial charge is 0.508 e. The number of rotatable bonds is 1. The van der Waals surface area contributed by atoms with Crippen LogP contribution in [0.2, 0.25) is 0 Å². The van der Waals surface area contributed by atoms with Crippen LogP contribution in [-0.4, -0.2) is 15.3 Å². The SMILES string of the molecule is C=C(O)c1cc(C)c(O)cc1O. The molecule has 0 atom stereocenters.